The minimum atomic E-state index is -0.181. The molecule has 20 heavy (non-hydrogen) atoms. The zero-order valence-corrected chi connectivity index (χ0v) is 13.5. The van der Waals surface area contributed by atoms with E-state index in [9.17, 15) is 4.79 Å². The second kappa shape index (κ2) is 6.11. The van der Waals surface area contributed by atoms with Crippen molar-refractivity contribution < 1.29 is 4.79 Å². The largest absolute Gasteiger partial charge is 0.342 e. The first kappa shape index (κ1) is 15.3. The molecule has 1 aromatic heterocycles. The van der Waals surface area contributed by atoms with E-state index in [-0.39, 0.29) is 16.7 Å². The molecule has 2 heterocycles. The number of hydrogen-bond acceptors (Lipinski definition) is 5. The standard InChI is InChI=1S/C13H23N5OS/c1-10(11(19)17-8-6-5-7-9-17)20-12-14-15-16-18(12)13(2,3)4/h10H,5-9H2,1-4H3. The lowest BCUT2D eigenvalue weighted by molar-refractivity contribution is -0.131. The Kier molecular flexibility index (Phi) is 4.67. The van der Waals surface area contributed by atoms with E-state index in [2.05, 4.69) is 15.5 Å². The van der Waals surface area contributed by atoms with Crippen molar-refractivity contribution in [2.75, 3.05) is 13.1 Å². The highest BCUT2D eigenvalue weighted by atomic mass is 32.2. The number of amides is 1. The van der Waals surface area contributed by atoms with Gasteiger partial charge < -0.3 is 4.90 Å². The highest BCUT2D eigenvalue weighted by Gasteiger charge is 2.27. The summed E-state index contributed by atoms with van der Waals surface area (Å²) in [6.45, 7) is 9.84. The van der Waals surface area contributed by atoms with Crippen molar-refractivity contribution in [1.82, 2.24) is 25.1 Å². The fourth-order valence-electron chi connectivity index (χ4n) is 2.25. The van der Waals surface area contributed by atoms with Gasteiger partial charge in [-0.25, -0.2) is 4.68 Å². The van der Waals surface area contributed by atoms with Crippen LogP contribution in [0, 0.1) is 0 Å². The van der Waals surface area contributed by atoms with Gasteiger partial charge in [-0.2, -0.15) is 0 Å². The number of thioether (sulfide) groups is 1. The van der Waals surface area contributed by atoms with Crippen LogP contribution >= 0.6 is 11.8 Å². The Balaban J connectivity index is 2.02. The molecular formula is C13H23N5OS. The van der Waals surface area contributed by atoms with Gasteiger partial charge >= 0.3 is 0 Å². The minimum absolute atomic E-state index is 0.153. The van der Waals surface area contributed by atoms with E-state index in [1.165, 1.54) is 18.2 Å². The molecule has 2 rings (SSSR count). The molecule has 0 aromatic carbocycles. The van der Waals surface area contributed by atoms with Crippen LogP contribution in [0.3, 0.4) is 0 Å². The summed E-state index contributed by atoms with van der Waals surface area (Å²) in [5, 5.41) is 12.3. The molecule has 1 aliphatic rings. The second-order valence-electron chi connectivity index (χ2n) is 6.19. The number of likely N-dealkylation sites (tertiary alicyclic amines) is 1. The van der Waals surface area contributed by atoms with E-state index in [1.807, 2.05) is 32.6 Å². The number of hydrogen-bond donors (Lipinski definition) is 0. The van der Waals surface area contributed by atoms with Gasteiger partial charge in [0.05, 0.1) is 10.8 Å². The molecule has 0 spiro atoms. The molecule has 1 atom stereocenters. The van der Waals surface area contributed by atoms with Crippen molar-refractivity contribution in [3.63, 3.8) is 0 Å². The Morgan fingerprint density at radius 1 is 1.25 bits per heavy atom. The lowest BCUT2D eigenvalue weighted by Crippen LogP contribution is -2.40. The van der Waals surface area contributed by atoms with E-state index in [4.69, 9.17) is 0 Å². The fraction of sp³-hybridized carbons (Fsp3) is 0.846. The normalized spacial score (nSPS) is 18.1. The Hall–Kier alpha value is -1.11. The molecule has 6 nitrogen and oxygen atoms in total. The molecule has 7 heteroatoms. The molecule has 1 unspecified atom stereocenters. The summed E-state index contributed by atoms with van der Waals surface area (Å²) in [6.07, 6.45) is 3.46. The monoisotopic (exact) mass is 297 g/mol. The van der Waals surface area contributed by atoms with Crippen LogP contribution in [0.1, 0.15) is 47.0 Å². The highest BCUT2D eigenvalue weighted by Crippen LogP contribution is 2.26. The molecule has 1 saturated heterocycles. The van der Waals surface area contributed by atoms with Gasteiger partial charge in [-0.1, -0.05) is 11.8 Å². The maximum absolute atomic E-state index is 12.4. The molecule has 0 N–H and O–H groups in total. The third-order valence-corrected chi connectivity index (χ3v) is 4.39. The molecule has 1 aromatic rings. The first-order chi connectivity index (χ1) is 9.39. The lowest BCUT2D eigenvalue weighted by Gasteiger charge is -2.29. The van der Waals surface area contributed by atoms with Gasteiger partial charge in [0.1, 0.15) is 0 Å². The topological polar surface area (TPSA) is 63.9 Å². The zero-order valence-electron chi connectivity index (χ0n) is 12.7. The van der Waals surface area contributed by atoms with Crippen molar-refractivity contribution in [1.29, 1.82) is 0 Å². The summed E-state index contributed by atoms with van der Waals surface area (Å²) in [6, 6.07) is 0. The third kappa shape index (κ3) is 3.50. The predicted molar refractivity (Wildman–Crippen MR) is 78.6 cm³/mol. The van der Waals surface area contributed by atoms with Gasteiger partial charge in [0.25, 0.3) is 0 Å². The van der Waals surface area contributed by atoms with Crippen LogP contribution in [0.2, 0.25) is 0 Å². The number of carbonyl (C=O) groups is 1. The van der Waals surface area contributed by atoms with Gasteiger partial charge in [-0.3, -0.25) is 4.79 Å². The smallest absolute Gasteiger partial charge is 0.235 e. The number of carbonyl (C=O) groups excluding carboxylic acids is 1. The van der Waals surface area contributed by atoms with Crippen molar-refractivity contribution in [2.24, 2.45) is 0 Å². The summed E-state index contributed by atoms with van der Waals surface area (Å²) in [5.74, 6) is 0.193. The number of rotatable bonds is 3. The molecule has 0 saturated carbocycles. The van der Waals surface area contributed by atoms with Crippen LogP contribution < -0.4 is 0 Å². The molecular weight excluding hydrogens is 274 g/mol. The molecule has 1 amide bonds. The quantitative estimate of drug-likeness (QED) is 0.798. The van der Waals surface area contributed by atoms with Gasteiger partial charge in [0, 0.05) is 13.1 Å². The number of tetrazole rings is 1. The van der Waals surface area contributed by atoms with Gasteiger partial charge in [0.15, 0.2) is 0 Å². The van der Waals surface area contributed by atoms with E-state index in [0.717, 1.165) is 25.9 Å². The minimum Gasteiger partial charge on any atom is -0.342 e. The molecule has 0 radical (unpaired) electrons. The average Bonchev–Trinajstić information content (AvgIpc) is 2.87. The Bertz CT molecular complexity index is 462. The first-order valence-corrected chi connectivity index (χ1v) is 8.02. The van der Waals surface area contributed by atoms with E-state index < -0.39 is 0 Å². The number of piperidine rings is 1. The van der Waals surface area contributed by atoms with Gasteiger partial charge in [0.2, 0.25) is 11.1 Å². The lowest BCUT2D eigenvalue weighted by atomic mass is 10.1. The maximum Gasteiger partial charge on any atom is 0.235 e. The predicted octanol–water partition coefficient (Wildman–Crippen LogP) is 1.92. The van der Waals surface area contributed by atoms with Crippen LogP contribution in [0.15, 0.2) is 5.16 Å². The number of nitrogens with zero attached hydrogens (tertiary/aromatic N) is 5. The molecule has 112 valence electrons. The van der Waals surface area contributed by atoms with Crippen LogP contribution in [0.4, 0.5) is 0 Å². The molecule has 0 bridgehead atoms. The summed E-state index contributed by atoms with van der Waals surface area (Å²) < 4.78 is 1.78. The van der Waals surface area contributed by atoms with Crippen molar-refractivity contribution >= 4 is 17.7 Å². The van der Waals surface area contributed by atoms with Crippen LogP contribution in [-0.4, -0.2) is 49.4 Å². The highest BCUT2D eigenvalue weighted by molar-refractivity contribution is 8.00. The van der Waals surface area contributed by atoms with Gasteiger partial charge in [-0.05, 0) is 57.4 Å². The van der Waals surface area contributed by atoms with Gasteiger partial charge in [-0.15, -0.1) is 5.10 Å². The third-order valence-electron chi connectivity index (χ3n) is 3.37. The van der Waals surface area contributed by atoms with E-state index in [1.54, 1.807) is 4.68 Å². The molecule has 0 aliphatic carbocycles. The van der Waals surface area contributed by atoms with Crippen LogP contribution in [0.5, 0.6) is 0 Å². The summed E-state index contributed by atoms with van der Waals surface area (Å²) in [7, 11) is 0. The average molecular weight is 297 g/mol. The SMILES string of the molecule is CC(Sc1nnnn1C(C)(C)C)C(=O)N1CCCCC1. The van der Waals surface area contributed by atoms with E-state index in [0.29, 0.717) is 5.16 Å². The summed E-state index contributed by atoms with van der Waals surface area (Å²) in [4.78, 5) is 14.4. The van der Waals surface area contributed by atoms with E-state index >= 15 is 0 Å². The Labute approximate surface area is 124 Å². The summed E-state index contributed by atoms with van der Waals surface area (Å²) >= 11 is 1.44. The van der Waals surface area contributed by atoms with Crippen molar-refractivity contribution in [2.45, 2.75) is 62.9 Å². The summed E-state index contributed by atoms with van der Waals surface area (Å²) in [5.41, 5.74) is -0.181. The fourth-order valence-corrected chi connectivity index (χ4v) is 3.31. The van der Waals surface area contributed by atoms with Crippen LogP contribution in [-0.2, 0) is 10.3 Å². The maximum atomic E-state index is 12.4. The number of aromatic nitrogens is 4. The zero-order chi connectivity index (χ0) is 14.8. The Morgan fingerprint density at radius 3 is 2.50 bits per heavy atom. The Morgan fingerprint density at radius 2 is 1.90 bits per heavy atom. The molecule has 1 aliphatic heterocycles. The molecule has 1 fully saturated rings. The first-order valence-electron chi connectivity index (χ1n) is 7.14. The van der Waals surface area contributed by atoms with Crippen molar-refractivity contribution in [3.05, 3.63) is 0 Å². The second-order valence-corrected chi connectivity index (χ2v) is 7.50. The van der Waals surface area contributed by atoms with Crippen LogP contribution in [0.25, 0.3) is 0 Å². The van der Waals surface area contributed by atoms with Crippen molar-refractivity contribution in [3.8, 4) is 0 Å².